The van der Waals surface area contributed by atoms with Gasteiger partial charge in [0, 0.05) is 12.5 Å². The van der Waals surface area contributed by atoms with Crippen molar-refractivity contribution in [1.82, 2.24) is 5.32 Å². The van der Waals surface area contributed by atoms with E-state index >= 15 is 0 Å². The lowest BCUT2D eigenvalue weighted by Gasteiger charge is -2.13. The second-order valence-corrected chi connectivity index (χ2v) is 4.74. The van der Waals surface area contributed by atoms with Gasteiger partial charge in [-0.15, -0.1) is 0 Å². The number of carbonyl (C=O) groups is 1. The van der Waals surface area contributed by atoms with Crippen molar-refractivity contribution in [3.8, 4) is 11.5 Å². The summed E-state index contributed by atoms with van der Waals surface area (Å²) < 4.78 is 10.4. The molecule has 1 rings (SSSR count). The molecule has 0 fully saturated rings. The highest BCUT2D eigenvalue weighted by Gasteiger charge is 2.12. The number of carbonyl (C=O) groups excluding carboxylic acids is 1. The first-order valence-electron chi connectivity index (χ1n) is 6.81. The fourth-order valence-electron chi connectivity index (χ4n) is 1.91. The molecule has 0 saturated carbocycles. The molecule has 0 saturated heterocycles. The van der Waals surface area contributed by atoms with E-state index < -0.39 is 0 Å². The maximum atomic E-state index is 11.9. The van der Waals surface area contributed by atoms with Gasteiger partial charge in [0.25, 0.3) is 0 Å². The Kier molecular flexibility index (Phi) is 6.87. The lowest BCUT2D eigenvalue weighted by molar-refractivity contribution is -0.124. The number of nitrogens with one attached hydrogen (secondary N) is 1. The SMILES string of the molecule is COc1ccc(CNC(=O)C(C)CCCN)cc1OC. The van der Waals surface area contributed by atoms with E-state index in [1.165, 1.54) is 0 Å². The van der Waals surface area contributed by atoms with Gasteiger partial charge in [0.15, 0.2) is 11.5 Å². The zero-order chi connectivity index (χ0) is 15.0. The molecule has 1 aromatic carbocycles. The van der Waals surface area contributed by atoms with E-state index in [0.29, 0.717) is 24.6 Å². The van der Waals surface area contributed by atoms with E-state index in [0.717, 1.165) is 18.4 Å². The fraction of sp³-hybridized carbons (Fsp3) is 0.533. The molecule has 5 heteroatoms. The molecule has 0 radical (unpaired) electrons. The van der Waals surface area contributed by atoms with Crippen LogP contribution in [0.25, 0.3) is 0 Å². The first kappa shape index (κ1) is 16.3. The maximum Gasteiger partial charge on any atom is 0.223 e. The van der Waals surface area contributed by atoms with Gasteiger partial charge in [0.2, 0.25) is 5.91 Å². The van der Waals surface area contributed by atoms with Crippen LogP contribution in [0.1, 0.15) is 25.3 Å². The van der Waals surface area contributed by atoms with Gasteiger partial charge in [0.1, 0.15) is 0 Å². The van der Waals surface area contributed by atoms with Crippen LogP contribution < -0.4 is 20.5 Å². The van der Waals surface area contributed by atoms with Gasteiger partial charge in [-0.2, -0.15) is 0 Å². The smallest absolute Gasteiger partial charge is 0.223 e. The zero-order valence-corrected chi connectivity index (χ0v) is 12.4. The molecule has 0 heterocycles. The molecule has 0 aromatic heterocycles. The maximum absolute atomic E-state index is 11.9. The van der Waals surface area contributed by atoms with Gasteiger partial charge < -0.3 is 20.5 Å². The van der Waals surface area contributed by atoms with Crippen molar-refractivity contribution in [1.29, 1.82) is 0 Å². The van der Waals surface area contributed by atoms with Gasteiger partial charge in [-0.05, 0) is 37.1 Å². The Morgan fingerprint density at radius 2 is 2.00 bits per heavy atom. The average Bonchev–Trinajstić information content (AvgIpc) is 2.49. The van der Waals surface area contributed by atoms with Crippen LogP contribution in [0.15, 0.2) is 18.2 Å². The minimum atomic E-state index is -0.0151. The molecule has 0 spiro atoms. The van der Waals surface area contributed by atoms with E-state index in [-0.39, 0.29) is 11.8 Å². The van der Waals surface area contributed by atoms with Crippen molar-refractivity contribution in [3.05, 3.63) is 23.8 Å². The van der Waals surface area contributed by atoms with Crippen molar-refractivity contribution >= 4 is 5.91 Å². The van der Waals surface area contributed by atoms with Gasteiger partial charge in [0.05, 0.1) is 14.2 Å². The van der Waals surface area contributed by atoms with Crippen LogP contribution >= 0.6 is 0 Å². The van der Waals surface area contributed by atoms with Crippen LogP contribution in [0.5, 0.6) is 11.5 Å². The molecular formula is C15H24N2O3. The number of methoxy groups -OCH3 is 2. The topological polar surface area (TPSA) is 73.6 Å². The molecule has 3 N–H and O–H groups in total. The lowest BCUT2D eigenvalue weighted by Crippen LogP contribution is -2.29. The van der Waals surface area contributed by atoms with E-state index in [1.807, 2.05) is 25.1 Å². The summed E-state index contributed by atoms with van der Waals surface area (Å²) in [5.41, 5.74) is 6.42. The average molecular weight is 280 g/mol. The number of hydrogen-bond acceptors (Lipinski definition) is 4. The Bertz CT molecular complexity index is 435. The van der Waals surface area contributed by atoms with Gasteiger partial charge in [-0.1, -0.05) is 13.0 Å². The third-order valence-electron chi connectivity index (χ3n) is 3.20. The highest BCUT2D eigenvalue weighted by atomic mass is 16.5. The van der Waals surface area contributed by atoms with Crippen LogP contribution in [0.4, 0.5) is 0 Å². The summed E-state index contributed by atoms with van der Waals surface area (Å²) in [6.45, 7) is 3.01. The highest BCUT2D eigenvalue weighted by Crippen LogP contribution is 2.27. The Morgan fingerprint density at radius 1 is 1.30 bits per heavy atom. The van der Waals surface area contributed by atoms with E-state index in [9.17, 15) is 4.79 Å². The van der Waals surface area contributed by atoms with Crippen molar-refractivity contribution < 1.29 is 14.3 Å². The molecule has 0 aliphatic carbocycles. The highest BCUT2D eigenvalue weighted by molar-refractivity contribution is 5.78. The Morgan fingerprint density at radius 3 is 2.60 bits per heavy atom. The Balaban J connectivity index is 2.55. The molecule has 112 valence electrons. The molecule has 1 amide bonds. The first-order valence-corrected chi connectivity index (χ1v) is 6.81. The Hall–Kier alpha value is -1.75. The Labute approximate surface area is 120 Å². The predicted octanol–water partition coefficient (Wildman–Crippen LogP) is 1.69. The van der Waals surface area contributed by atoms with Gasteiger partial charge >= 0.3 is 0 Å². The molecule has 1 unspecified atom stereocenters. The summed E-state index contributed by atoms with van der Waals surface area (Å²) in [5.74, 6) is 1.38. The number of nitrogens with two attached hydrogens (primary N) is 1. The third-order valence-corrected chi connectivity index (χ3v) is 3.20. The summed E-state index contributed by atoms with van der Waals surface area (Å²) in [7, 11) is 3.19. The van der Waals surface area contributed by atoms with Crippen molar-refractivity contribution in [2.45, 2.75) is 26.3 Å². The molecular weight excluding hydrogens is 256 g/mol. The van der Waals surface area contributed by atoms with Gasteiger partial charge in [-0.3, -0.25) is 4.79 Å². The van der Waals surface area contributed by atoms with E-state index in [2.05, 4.69) is 5.32 Å². The summed E-state index contributed by atoms with van der Waals surface area (Å²) in [4.78, 5) is 11.9. The van der Waals surface area contributed by atoms with Crippen molar-refractivity contribution in [2.75, 3.05) is 20.8 Å². The molecule has 20 heavy (non-hydrogen) atoms. The molecule has 1 atom stereocenters. The van der Waals surface area contributed by atoms with Crippen LogP contribution in [-0.4, -0.2) is 26.7 Å². The quantitative estimate of drug-likeness (QED) is 0.760. The molecule has 0 aliphatic rings. The van der Waals surface area contributed by atoms with Crippen LogP contribution in [0.3, 0.4) is 0 Å². The third kappa shape index (κ3) is 4.74. The number of benzene rings is 1. The van der Waals surface area contributed by atoms with Crippen LogP contribution in [0, 0.1) is 5.92 Å². The number of ether oxygens (including phenoxy) is 2. The van der Waals surface area contributed by atoms with Crippen molar-refractivity contribution in [3.63, 3.8) is 0 Å². The largest absolute Gasteiger partial charge is 0.493 e. The standard InChI is InChI=1S/C15H24N2O3/c1-11(5-4-8-16)15(18)17-10-12-6-7-13(19-2)14(9-12)20-3/h6-7,9,11H,4-5,8,10,16H2,1-3H3,(H,17,18). The number of rotatable bonds is 8. The van der Waals surface area contributed by atoms with E-state index in [1.54, 1.807) is 14.2 Å². The fourth-order valence-corrected chi connectivity index (χ4v) is 1.91. The minimum Gasteiger partial charge on any atom is -0.493 e. The monoisotopic (exact) mass is 280 g/mol. The number of hydrogen-bond donors (Lipinski definition) is 2. The normalized spacial score (nSPS) is 11.8. The summed E-state index contributed by atoms with van der Waals surface area (Å²) in [5, 5.41) is 2.92. The molecule has 0 aliphatic heterocycles. The second kappa shape index (κ2) is 8.43. The molecule has 1 aromatic rings. The molecule has 5 nitrogen and oxygen atoms in total. The lowest BCUT2D eigenvalue weighted by atomic mass is 10.0. The van der Waals surface area contributed by atoms with Gasteiger partial charge in [-0.25, -0.2) is 0 Å². The summed E-state index contributed by atoms with van der Waals surface area (Å²) in [6, 6.07) is 5.61. The second-order valence-electron chi connectivity index (χ2n) is 4.74. The van der Waals surface area contributed by atoms with Crippen molar-refractivity contribution in [2.24, 2.45) is 11.7 Å². The summed E-state index contributed by atoms with van der Waals surface area (Å²) in [6.07, 6.45) is 1.68. The zero-order valence-electron chi connectivity index (χ0n) is 12.4. The molecule has 0 bridgehead atoms. The van der Waals surface area contributed by atoms with E-state index in [4.69, 9.17) is 15.2 Å². The first-order chi connectivity index (χ1) is 9.62. The minimum absolute atomic E-state index is 0.0151. The predicted molar refractivity (Wildman–Crippen MR) is 78.8 cm³/mol. The van der Waals surface area contributed by atoms with Crippen LogP contribution in [0.2, 0.25) is 0 Å². The van der Waals surface area contributed by atoms with Crippen LogP contribution in [-0.2, 0) is 11.3 Å². The number of amides is 1. The summed E-state index contributed by atoms with van der Waals surface area (Å²) >= 11 is 0.